The number of anilines is 2. The maximum atomic E-state index is 12.7. The molecule has 6 rings (SSSR count). The maximum absolute atomic E-state index is 12.7. The monoisotopic (exact) mass is 512 g/mol. The zero-order valence-corrected chi connectivity index (χ0v) is 21.3. The molecule has 10 nitrogen and oxygen atoms in total. The van der Waals surface area contributed by atoms with E-state index in [1.54, 1.807) is 12.5 Å². The van der Waals surface area contributed by atoms with Crippen LogP contribution in [0.15, 0.2) is 49.4 Å². The Morgan fingerprint density at radius 2 is 1.79 bits per heavy atom. The van der Waals surface area contributed by atoms with Crippen LogP contribution in [0.4, 0.5) is 11.5 Å². The SMILES string of the molecule is C=CC(=O)N1CCC(n2nc(Nc3ccc(C(=O)NC4CCCCC4)cc3)c3cnc4[nH]cnc2c43)CC1. The van der Waals surface area contributed by atoms with Gasteiger partial charge < -0.3 is 20.5 Å². The Bertz CT molecular complexity index is 1470. The molecule has 196 valence electrons. The number of aromatic nitrogens is 5. The van der Waals surface area contributed by atoms with E-state index in [0.29, 0.717) is 24.5 Å². The predicted molar refractivity (Wildman–Crippen MR) is 146 cm³/mol. The lowest BCUT2D eigenvalue weighted by Crippen LogP contribution is -2.38. The normalized spacial score (nSPS) is 17.1. The fraction of sp³-hybridized carbons (Fsp3) is 0.393. The minimum absolute atomic E-state index is 0.0246. The second-order valence-corrected chi connectivity index (χ2v) is 10.2. The molecule has 0 unspecified atom stereocenters. The van der Waals surface area contributed by atoms with Crippen LogP contribution in [0, 0.1) is 0 Å². The van der Waals surface area contributed by atoms with E-state index in [2.05, 4.69) is 32.2 Å². The zero-order chi connectivity index (χ0) is 26.1. The van der Waals surface area contributed by atoms with Gasteiger partial charge in [0.1, 0.15) is 5.65 Å². The van der Waals surface area contributed by atoms with Gasteiger partial charge in [0, 0.05) is 36.6 Å². The lowest BCUT2D eigenvalue weighted by atomic mass is 9.95. The molecule has 10 heteroatoms. The van der Waals surface area contributed by atoms with E-state index in [-0.39, 0.29) is 23.9 Å². The Balaban J connectivity index is 1.25. The van der Waals surface area contributed by atoms with Crippen LogP contribution < -0.4 is 10.6 Å². The third-order valence-electron chi connectivity index (χ3n) is 7.77. The second kappa shape index (κ2) is 10.3. The van der Waals surface area contributed by atoms with Gasteiger partial charge in [0.05, 0.1) is 23.1 Å². The summed E-state index contributed by atoms with van der Waals surface area (Å²) in [6.45, 7) is 4.89. The number of aromatic amines is 1. The van der Waals surface area contributed by atoms with Crippen molar-refractivity contribution in [2.45, 2.75) is 57.0 Å². The number of likely N-dealkylation sites (tertiary alicyclic amines) is 1. The fourth-order valence-electron chi connectivity index (χ4n) is 5.67. The van der Waals surface area contributed by atoms with Crippen molar-refractivity contribution in [3.63, 3.8) is 0 Å². The number of amides is 2. The van der Waals surface area contributed by atoms with Crippen LogP contribution in [-0.4, -0.2) is 60.6 Å². The number of hydrogen-bond acceptors (Lipinski definition) is 6. The highest BCUT2D eigenvalue weighted by Gasteiger charge is 2.26. The first-order valence-corrected chi connectivity index (χ1v) is 13.4. The molecule has 1 saturated carbocycles. The molecule has 1 aliphatic heterocycles. The van der Waals surface area contributed by atoms with Gasteiger partial charge in [-0.3, -0.25) is 9.59 Å². The van der Waals surface area contributed by atoms with Crippen molar-refractivity contribution in [1.29, 1.82) is 0 Å². The Morgan fingerprint density at radius 3 is 2.53 bits per heavy atom. The van der Waals surface area contributed by atoms with Gasteiger partial charge >= 0.3 is 0 Å². The highest BCUT2D eigenvalue weighted by molar-refractivity contribution is 6.09. The lowest BCUT2D eigenvalue weighted by molar-refractivity contribution is -0.127. The largest absolute Gasteiger partial charge is 0.349 e. The molecule has 0 radical (unpaired) electrons. The molecule has 3 aromatic heterocycles. The first-order chi connectivity index (χ1) is 18.6. The summed E-state index contributed by atoms with van der Waals surface area (Å²) in [5.74, 6) is 0.606. The fourth-order valence-corrected chi connectivity index (χ4v) is 5.67. The lowest BCUT2D eigenvalue weighted by Gasteiger charge is -2.32. The van der Waals surface area contributed by atoms with E-state index >= 15 is 0 Å². The minimum Gasteiger partial charge on any atom is -0.349 e. The van der Waals surface area contributed by atoms with Gasteiger partial charge in [-0.05, 0) is 56.0 Å². The van der Waals surface area contributed by atoms with Crippen molar-refractivity contribution in [2.24, 2.45) is 0 Å². The van der Waals surface area contributed by atoms with E-state index in [0.717, 1.165) is 53.4 Å². The van der Waals surface area contributed by atoms with Crippen molar-refractivity contribution < 1.29 is 9.59 Å². The first-order valence-electron chi connectivity index (χ1n) is 13.4. The Kier molecular flexibility index (Phi) is 6.53. The molecule has 2 aliphatic rings. The molecule has 0 atom stereocenters. The highest BCUT2D eigenvalue weighted by Crippen LogP contribution is 2.33. The third-order valence-corrected chi connectivity index (χ3v) is 7.77. The third kappa shape index (κ3) is 4.62. The molecule has 4 aromatic rings. The number of piperidine rings is 1. The van der Waals surface area contributed by atoms with Crippen LogP contribution in [0.5, 0.6) is 0 Å². The summed E-state index contributed by atoms with van der Waals surface area (Å²) in [5, 5.41) is 13.4. The van der Waals surface area contributed by atoms with Crippen LogP contribution in [0.3, 0.4) is 0 Å². The second-order valence-electron chi connectivity index (χ2n) is 10.2. The van der Waals surface area contributed by atoms with Crippen molar-refractivity contribution in [3.8, 4) is 0 Å². The molecule has 2 amide bonds. The number of rotatable bonds is 6. The summed E-state index contributed by atoms with van der Waals surface area (Å²) in [7, 11) is 0. The molecule has 4 heterocycles. The van der Waals surface area contributed by atoms with E-state index < -0.39 is 0 Å². The van der Waals surface area contributed by atoms with Gasteiger partial charge in [0.15, 0.2) is 11.5 Å². The van der Waals surface area contributed by atoms with Crippen LogP contribution in [0.25, 0.3) is 22.1 Å². The number of carbonyl (C=O) groups excluding carboxylic acids is 2. The van der Waals surface area contributed by atoms with E-state index in [1.807, 2.05) is 33.8 Å². The number of H-pyrrole nitrogens is 1. The quantitative estimate of drug-likeness (QED) is 0.328. The molecule has 2 fully saturated rings. The van der Waals surface area contributed by atoms with Crippen LogP contribution in [-0.2, 0) is 4.79 Å². The van der Waals surface area contributed by atoms with Crippen molar-refractivity contribution in [1.82, 2.24) is 34.9 Å². The molecule has 0 bridgehead atoms. The molecule has 38 heavy (non-hydrogen) atoms. The topological polar surface area (TPSA) is 121 Å². The Morgan fingerprint density at radius 1 is 1.03 bits per heavy atom. The van der Waals surface area contributed by atoms with Crippen LogP contribution in [0.2, 0.25) is 0 Å². The predicted octanol–water partition coefficient (Wildman–Crippen LogP) is 4.46. The molecule has 1 aliphatic carbocycles. The number of benzene rings is 1. The number of nitrogens with one attached hydrogen (secondary N) is 3. The van der Waals surface area contributed by atoms with Gasteiger partial charge in [-0.1, -0.05) is 25.8 Å². The first kappa shape index (κ1) is 24.1. The highest BCUT2D eigenvalue weighted by atomic mass is 16.2. The van der Waals surface area contributed by atoms with Gasteiger partial charge in [0.2, 0.25) is 5.91 Å². The average molecular weight is 513 g/mol. The van der Waals surface area contributed by atoms with E-state index in [9.17, 15) is 9.59 Å². The number of nitrogens with zero attached hydrogens (tertiary/aromatic N) is 5. The smallest absolute Gasteiger partial charge is 0.251 e. The number of hydrogen-bond donors (Lipinski definition) is 3. The standard InChI is InChI=1S/C28H32N8O2/c1-2-23(37)35-14-12-21(13-15-35)36-27-24-22(16-29-26(24)30-17-31-27)25(34-36)32-20-10-8-18(9-11-20)28(38)33-19-6-4-3-5-7-19/h2,8-11,16-17,19,21H,1,3-7,12-15H2,(H,32,34)(H,33,38)(H,29,30,31). The zero-order valence-electron chi connectivity index (χ0n) is 21.3. The van der Waals surface area contributed by atoms with Crippen molar-refractivity contribution >= 4 is 45.4 Å². The summed E-state index contributed by atoms with van der Waals surface area (Å²) < 4.78 is 1.97. The maximum Gasteiger partial charge on any atom is 0.251 e. The summed E-state index contributed by atoms with van der Waals surface area (Å²) in [5.41, 5.74) is 2.99. The van der Waals surface area contributed by atoms with E-state index in [4.69, 9.17) is 5.10 Å². The molecule has 1 aromatic carbocycles. The molecule has 3 N–H and O–H groups in total. The molecular formula is C28H32N8O2. The molecule has 1 saturated heterocycles. The van der Waals surface area contributed by atoms with E-state index in [1.165, 1.54) is 25.3 Å². The van der Waals surface area contributed by atoms with Gasteiger partial charge in [-0.2, -0.15) is 5.10 Å². The minimum atomic E-state index is -0.0406. The molecular weight excluding hydrogens is 480 g/mol. The van der Waals surface area contributed by atoms with Crippen LogP contribution in [0.1, 0.15) is 61.3 Å². The van der Waals surface area contributed by atoms with Gasteiger partial charge in [-0.25, -0.2) is 14.6 Å². The summed E-state index contributed by atoms with van der Waals surface area (Å²) in [6, 6.07) is 7.86. The van der Waals surface area contributed by atoms with Gasteiger partial charge in [-0.15, -0.1) is 0 Å². The number of carbonyl (C=O) groups is 2. The summed E-state index contributed by atoms with van der Waals surface area (Å²) in [4.78, 5) is 38.9. The van der Waals surface area contributed by atoms with Crippen molar-refractivity contribution in [3.05, 3.63) is 55.0 Å². The summed E-state index contributed by atoms with van der Waals surface area (Å²) in [6.07, 6.45) is 12.1. The Labute approximate surface area is 220 Å². The average Bonchev–Trinajstić information content (AvgIpc) is 3.41. The van der Waals surface area contributed by atoms with Crippen molar-refractivity contribution in [2.75, 3.05) is 18.4 Å². The molecule has 0 spiro atoms. The summed E-state index contributed by atoms with van der Waals surface area (Å²) >= 11 is 0. The van der Waals surface area contributed by atoms with Gasteiger partial charge in [0.25, 0.3) is 5.91 Å². The van der Waals surface area contributed by atoms with Crippen LogP contribution >= 0.6 is 0 Å². The Hall–Kier alpha value is -4.21.